The molecule has 1 aromatic carbocycles. The standard InChI is InChI=1S/C13H11FN2O/c1-8-3-4-9(2)12(14)11(8)13(17)10-7-15-5-6-16-10/h3-7H,1-2H3. The van der Waals surface area contributed by atoms with Gasteiger partial charge in [0.15, 0.2) is 0 Å². The Morgan fingerprint density at radius 2 is 1.88 bits per heavy atom. The van der Waals surface area contributed by atoms with Crippen molar-refractivity contribution in [1.82, 2.24) is 9.97 Å². The van der Waals surface area contributed by atoms with Gasteiger partial charge in [-0.2, -0.15) is 0 Å². The third-order valence-corrected chi connectivity index (χ3v) is 2.57. The lowest BCUT2D eigenvalue weighted by Crippen LogP contribution is -2.10. The zero-order valence-corrected chi connectivity index (χ0v) is 9.57. The van der Waals surface area contributed by atoms with Crippen molar-refractivity contribution in [1.29, 1.82) is 0 Å². The molecular formula is C13H11FN2O. The molecule has 0 atom stereocenters. The summed E-state index contributed by atoms with van der Waals surface area (Å²) in [6, 6.07) is 3.38. The van der Waals surface area contributed by atoms with Crippen molar-refractivity contribution in [3.63, 3.8) is 0 Å². The summed E-state index contributed by atoms with van der Waals surface area (Å²) in [5.74, 6) is -0.919. The molecule has 0 bridgehead atoms. The van der Waals surface area contributed by atoms with Crippen LogP contribution in [-0.4, -0.2) is 15.8 Å². The molecule has 3 nitrogen and oxygen atoms in total. The van der Waals surface area contributed by atoms with Gasteiger partial charge in [0.2, 0.25) is 5.78 Å². The summed E-state index contributed by atoms with van der Waals surface area (Å²) in [6.45, 7) is 3.33. The second kappa shape index (κ2) is 4.41. The van der Waals surface area contributed by atoms with E-state index in [0.717, 1.165) is 0 Å². The molecule has 0 amide bonds. The molecule has 0 N–H and O–H groups in total. The van der Waals surface area contributed by atoms with E-state index in [1.165, 1.54) is 18.6 Å². The molecule has 0 saturated heterocycles. The summed E-state index contributed by atoms with van der Waals surface area (Å²) in [7, 11) is 0. The lowest BCUT2D eigenvalue weighted by atomic mass is 9.99. The molecule has 0 fully saturated rings. The van der Waals surface area contributed by atoms with Gasteiger partial charge in [-0.05, 0) is 25.0 Å². The molecule has 1 heterocycles. The predicted octanol–water partition coefficient (Wildman–Crippen LogP) is 2.46. The van der Waals surface area contributed by atoms with E-state index in [1.807, 2.05) is 0 Å². The van der Waals surface area contributed by atoms with Gasteiger partial charge in [-0.1, -0.05) is 12.1 Å². The fraction of sp³-hybridized carbons (Fsp3) is 0.154. The minimum absolute atomic E-state index is 0.0745. The van der Waals surface area contributed by atoms with Crippen LogP contribution in [0.3, 0.4) is 0 Å². The van der Waals surface area contributed by atoms with Crippen LogP contribution in [-0.2, 0) is 0 Å². The largest absolute Gasteiger partial charge is 0.287 e. The van der Waals surface area contributed by atoms with Crippen molar-refractivity contribution in [3.05, 3.63) is 58.9 Å². The van der Waals surface area contributed by atoms with Crippen LogP contribution in [0.2, 0.25) is 0 Å². The highest BCUT2D eigenvalue weighted by atomic mass is 19.1. The van der Waals surface area contributed by atoms with Crippen LogP contribution in [0.4, 0.5) is 4.39 Å². The molecule has 0 radical (unpaired) electrons. The quantitative estimate of drug-likeness (QED) is 0.744. The summed E-state index contributed by atoms with van der Waals surface area (Å²) >= 11 is 0. The Labute approximate surface area is 98.3 Å². The highest BCUT2D eigenvalue weighted by molar-refractivity contribution is 6.08. The summed E-state index contributed by atoms with van der Waals surface area (Å²) < 4.78 is 13.9. The zero-order valence-electron chi connectivity index (χ0n) is 9.57. The first-order chi connectivity index (χ1) is 8.11. The van der Waals surface area contributed by atoms with Gasteiger partial charge in [0, 0.05) is 12.4 Å². The molecule has 0 aliphatic rings. The molecule has 0 spiro atoms. The number of aryl methyl sites for hydroxylation is 2. The van der Waals surface area contributed by atoms with Crippen molar-refractivity contribution >= 4 is 5.78 Å². The normalized spacial score (nSPS) is 10.3. The third-order valence-electron chi connectivity index (χ3n) is 2.57. The summed E-state index contributed by atoms with van der Waals surface area (Å²) in [5, 5.41) is 0. The molecule has 17 heavy (non-hydrogen) atoms. The van der Waals surface area contributed by atoms with Crippen LogP contribution in [0.15, 0.2) is 30.7 Å². The zero-order chi connectivity index (χ0) is 12.4. The molecule has 0 aliphatic carbocycles. The Hall–Kier alpha value is -2.10. The van der Waals surface area contributed by atoms with Crippen molar-refractivity contribution in [2.24, 2.45) is 0 Å². The van der Waals surface area contributed by atoms with Crippen LogP contribution in [0.25, 0.3) is 0 Å². The maximum Gasteiger partial charge on any atom is 0.216 e. The summed E-state index contributed by atoms with van der Waals surface area (Å²) in [5.41, 5.74) is 1.28. The first-order valence-corrected chi connectivity index (χ1v) is 5.17. The average Bonchev–Trinajstić information content (AvgIpc) is 2.35. The first kappa shape index (κ1) is 11.4. The molecule has 0 unspecified atom stereocenters. The fourth-order valence-electron chi connectivity index (χ4n) is 1.60. The lowest BCUT2D eigenvalue weighted by molar-refractivity contribution is 0.102. The van der Waals surface area contributed by atoms with Crippen molar-refractivity contribution in [2.75, 3.05) is 0 Å². The molecule has 86 valence electrons. The topological polar surface area (TPSA) is 42.9 Å². The smallest absolute Gasteiger partial charge is 0.216 e. The molecule has 4 heteroatoms. The number of nitrogens with zero attached hydrogens (tertiary/aromatic N) is 2. The number of hydrogen-bond donors (Lipinski definition) is 0. The number of ketones is 1. The number of aromatic nitrogens is 2. The number of carbonyl (C=O) groups excluding carboxylic acids is 1. The van der Waals surface area contributed by atoms with Crippen molar-refractivity contribution in [3.8, 4) is 0 Å². The third kappa shape index (κ3) is 2.06. The van der Waals surface area contributed by atoms with Gasteiger partial charge in [0.25, 0.3) is 0 Å². The number of hydrogen-bond acceptors (Lipinski definition) is 3. The summed E-state index contributed by atoms with van der Waals surface area (Å²) in [4.78, 5) is 19.8. The van der Waals surface area contributed by atoms with Crippen LogP contribution in [0.1, 0.15) is 27.2 Å². The molecular weight excluding hydrogens is 219 g/mol. The maximum absolute atomic E-state index is 13.9. The Bertz CT molecular complexity index is 567. The molecule has 0 saturated carbocycles. The second-order valence-corrected chi connectivity index (χ2v) is 3.81. The van der Waals surface area contributed by atoms with E-state index in [9.17, 15) is 9.18 Å². The predicted molar refractivity (Wildman–Crippen MR) is 61.3 cm³/mol. The first-order valence-electron chi connectivity index (χ1n) is 5.17. The molecule has 1 aromatic heterocycles. The van der Waals surface area contributed by atoms with Gasteiger partial charge >= 0.3 is 0 Å². The average molecular weight is 230 g/mol. The van der Waals surface area contributed by atoms with Crippen LogP contribution in [0, 0.1) is 19.7 Å². The Morgan fingerprint density at radius 3 is 2.53 bits per heavy atom. The maximum atomic E-state index is 13.9. The fourth-order valence-corrected chi connectivity index (χ4v) is 1.60. The van der Waals surface area contributed by atoms with Gasteiger partial charge < -0.3 is 0 Å². The highest BCUT2D eigenvalue weighted by Crippen LogP contribution is 2.19. The van der Waals surface area contributed by atoms with Crippen LogP contribution >= 0.6 is 0 Å². The van der Waals surface area contributed by atoms with Crippen molar-refractivity contribution < 1.29 is 9.18 Å². The number of benzene rings is 1. The van der Waals surface area contributed by atoms with E-state index >= 15 is 0 Å². The molecule has 0 aliphatic heterocycles. The SMILES string of the molecule is Cc1ccc(C)c(C(=O)c2cnccn2)c1F. The Morgan fingerprint density at radius 1 is 1.18 bits per heavy atom. The molecule has 2 rings (SSSR count). The van der Waals surface area contributed by atoms with Crippen LogP contribution < -0.4 is 0 Å². The van der Waals surface area contributed by atoms with Gasteiger partial charge in [0.05, 0.1) is 11.8 Å². The van der Waals surface area contributed by atoms with Gasteiger partial charge in [-0.25, -0.2) is 9.37 Å². The number of carbonyl (C=O) groups is 1. The Kier molecular flexibility index (Phi) is 2.95. The highest BCUT2D eigenvalue weighted by Gasteiger charge is 2.19. The van der Waals surface area contributed by atoms with E-state index in [2.05, 4.69) is 9.97 Å². The Balaban J connectivity index is 2.56. The van der Waals surface area contributed by atoms with E-state index < -0.39 is 11.6 Å². The monoisotopic (exact) mass is 230 g/mol. The van der Waals surface area contributed by atoms with Gasteiger partial charge in [-0.15, -0.1) is 0 Å². The minimum Gasteiger partial charge on any atom is -0.287 e. The van der Waals surface area contributed by atoms with Gasteiger partial charge in [-0.3, -0.25) is 9.78 Å². The second-order valence-electron chi connectivity index (χ2n) is 3.81. The lowest BCUT2D eigenvalue weighted by Gasteiger charge is -2.07. The van der Waals surface area contributed by atoms with Crippen molar-refractivity contribution in [2.45, 2.75) is 13.8 Å². The number of rotatable bonds is 2. The van der Waals surface area contributed by atoms with Crippen LogP contribution in [0.5, 0.6) is 0 Å². The van der Waals surface area contributed by atoms with E-state index in [-0.39, 0.29) is 11.3 Å². The van der Waals surface area contributed by atoms with E-state index in [1.54, 1.807) is 26.0 Å². The number of halogens is 1. The summed E-state index contributed by atoms with van der Waals surface area (Å²) in [6.07, 6.45) is 4.22. The van der Waals surface area contributed by atoms with E-state index in [4.69, 9.17) is 0 Å². The minimum atomic E-state index is -0.486. The van der Waals surface area contributed by atoms with E-state index in [0.29, 0.717) is 11.1 Å². The van der Waals surface area contributed by atoms with Gasteiger partial charge in [0.1, 0.15) is 11.5 Å². The molecule has 2 aromatic rings.